The number of nitrogens with one attached hydrogen (secondary N) is 1. The average Bonchev–Trinajstić information content (AvgIpc) is 2.88. The number of carbonyl (C=O) groups excluding carboxylic acids is 3. The molecule has 0 spiro atoms. The zero-order valence-corrected chi connectivity index (χ0v) is 21.6. The first-order chi connectivity index (χ1) is 17.8. The lowest BCUT2D eigenvalue weighted by Crippen LogP contribution is -2.76. The number of ether oxygens (including phenoxy) is 1. The van der Waals surface area contributed by atoms with Gasteiger partial charge in [0.1, 0.15) is 18.0 Å². The summed E-state index contributed by atoms with van der Waals surface area (Å²) in [6, 6.07) is 6.07. The number of hydrogen-bond acceptors (Lipinski definition) is 6. The SMILES string of the molecule is COc1ccc(CNC(=O)N2[C@H]3CN(CC4CCCCC4)C(=O)C(CCC(=O)O)N3C(=O)CN2C)cc1. The van der Waals surface area contributed by atoms with Crippen molar-refractivity contribution < 1.29 is 29.0 Å². The van der Waals surface area contributed by atoms with Gasteiger partial charge in [0.15, 0.2) is 0 Å². The Hall–Kier alpha value is -3.34. The van der Waals surface area contributed by atoms with Gasteiger partial charge in [-0.1, -0.05) is 31.4 Å². The van der Waals surface area contributed by atoms with Gasteiger partial charge in [0.25, 0.3) is 0 Å². The highest BCUT2D eigenvalue weighted by Crippen LogP contribution is 2.31. The lowest BCUT2D eigenvalue weighted by Gasteiger charge is -2.54. The molecule has 202 valence electrons. The van der Waals surface area contributed by atoms with Gasteiger partial charge in [-0.25, -0.2) is 14.8 Å². The van der Waals surface area contributed by atoms with Gasteiger partial charge in [-0.3, -0.25) is 14.4 Å². The third-order valence-electron chi connectivity index (χ3n) is 7.59. The third kappa shape index (κ3) is 6.15. The van der Waals surface area contributed by atoms with Gasteiger partial charge >= 0.3 is 12.0 Å². The molecule has 11 nitrogen and oxygen atoms in total. The first-order valence-corrected chi connectivity index (χ1v) is 13.0. The molecule has 1 aromatic rings. The van der Waals surface area contributed by atoms with Crippen molar-refractivity contribution in [3.8, 4) is 5.75 Å². The van der Waals surface area contributed by atoms with Crippen LogP contribution < -0.4 is 10.1 Å². The van der Waals surface area contributed by atoms with Gasteiger partial charge in [0.2, 0.25) is 11.8 Å². The van der Waals surface area contributed by atoms with Crippen LogP contribution in [0.3, 0.4) is 0 Å². The van der Waals surface area contributed by atoms with Gasteiger partial charge in [0, 0.05) is 26.6 Å². The zero-order valence-electron chi connectivity index (χ0n) is 21.6. The van der Waals surface area contributed by atoms with Crippen LogP contribution in [0.15, 0.2) is 24.3 Å². The number of rotatable bonds is 8. The van der Waals surface area contributed by atoms with Gasteiger partial charge in [0.05, 0.1) is 20.2 Å². The summed E-state index contributed by atoms with van der Waals surface area (Å²) >= 11 is 0. The van der Waals surface area contributed by atoms with Crippen LogP contribution in [0.1, 0.15) is 50.5 Å². The quantitative estimate of drug-likeness (QED) is 0.542. The van der Waals surface area contributed by atoms with Crippen LogP contribution in [0.4, 0.5) is 4.79 Å². The Morgan fingerprint density at radius 1 is 1.11 bits per heavy atom. The van der Waals surface area contributed by atoms with E-state index in [0.717, 1.165) is 37.0 Å². The number of methoxy groups -OCH3 is 1. The van der Waals surface area contributed by atoms with Gasteiger partial charge in [-0.15, -0.1) is 0 Å². The molecule has 2 N–H and O–H groups in total. The summed E-state index contributed by atoms with van der Waals surface area (Å²) in [4.78, 5) is 54.6. The maximum atomic E-state index is 13.5. The lowest BCUT2D eigenvalue weighted by atomic mass is 9.88. The van der Waals surface area contributed by atoms with E-state index in [1.807, 2.05) is 24.3 Å². The molecule has 4 amide bonds. The summed E-state index contributed by atoms with van der Waals surface area (Å²) in [6.45, 7) is 0.962. The van der Waals surface area contributed by atoms with E-state index in [1.165, 1.54) is 16.3 Å². The number of hydrogen-bond donors (Lipinski definition) is 2. The van der Waals surface area contributed by atoms with Crippen molar-refractivity contribution in [1.82, 2.24) is 25.1 Å². The summed E-state index contributed by atoms with van der Waals surface area (Å²) in [5, 5.41) is 15.3. The number of fused-ring (bicyclic) bond motifs is 1. The van der Waals surface area contributed by atoms with E-state index < -0.39 is 18.2 Å². The highest BCUT2D eigenvalue weighted by atomic mass is 16.5. The van der Waals surface area contributed by atoms with Crippen LogP contribution in [0.5, 0.6) is 5.75 Å². The molecule has 0 bridgehead atoms. The average molecular weight is 516 g/mol. The van der Waals surface area contributed by atoms with E-state index in [1.54, 1.807) is 24.1 Å². The number of carboxylic acid groups (broad SMARTS) is 1. The lowest BCUT2D eigenvalue weighted by molar-refractivity contribution is -0.188. The van der Waals surface area contributed by atoms with Crippen LogP contribution in [0.25, 0.3) is 0 Å². The van der Waals surface area contributed by atoms with E-state index in [2.05, 4.69) is 5.32 Å². The summed E-state index contributed by atoms with van der Waals surface area (Å²) in [7, 11) is 3.27. The van der Waals surface area contributed by atoms with E-state index in [0.29, 0.717) is 12.5 Å². The van der Waals surface area contributed by atoms with Gasteiger partial charge in [-0.05, 0) is 42.9 Å². The highest BCUT2D eigenvalue weighted by Gasteiger charge is 2.50. The highest BCUT2D eigenvalue weighted by molar-refractivity contribution is 5.91. The van der Waals surface area contributed by atoms with E-state index >= 15 is 0 Å². The third-order valence-corrected chi connectivity index (χ3v) is 7.59. The van der Waals surface area contributed by atoms with Gasteiger partial charge < -0.3 is 25.0 Å². The standard InChI is InChI=1S/C26H37N5O6/c1-28-17-23(32)30-21(12-13-24(33)34)25(35)29(15-19-6-4-3-5-7-19)16-22(30)31(28)26(36)27-14-18-8-10-20(37-2)11-9-18/h8-11,19,21-22H,3-7,12-17H2,1-2H3,(H,27,36)(H,33,34)/t21?,22-/m0/s1. The number of benzene rings is 1. The minimum Gasteiger partial charge on any atom is -0.497 e. The summed E-state index contributed by atoms with van der Waals surface area (Å²) in [5.74, 6) is -0.437. The smallest absolute Gasteiger partial charge is 0.334 e. The zero-order chi connectivity index (χ0) is 26.5. The van der Waals surface area contributed by atoms with Crippen molar-refractivity contribution >= 4 is 23.8 Å². The Kier molecular flexibility index (Phi) is 8.52. The number of urea groups is 1. The fourth-order valence-corrected chi connectivity index (χ4v) is 5.69. The van der Waals surface area contributed by atoms with Crippen molar-refractivity contribution in [3.63, 3.8) is 0 Å². The second kappa shape index (κ2) is 11.8. The molecule has 0 aromatic heterocycles. The number of nitrogens with zero attached hydrogens (tertiary/aromatic N) is 4. The molecule has 1 aliphatic carbocycles. The second-order valence-corrected chi connectivity index (χ2v) is 10.1. The number of carboxylic acids is 1. The Morgan fingerprint density at radius 3 is 2.46 bits per heavy atom. The van der Waals surface area contributed by atoms with Crippen LogP contribution >= 0.6 is 0 Å². The Labute approximate surface area is 217 Å². The van der Waals surface area contributed by atoms with E-state index in [4.69, 9.17) is 4.74 Å². The maximum absolute atomic E-state index is 13.5. The van der Waals surface area contributed by atoms with Crippen molar-refractivity contribution in [2.75, 3.05) is 33.8 Å². The molecular formula is C26H37N5O6. The number of hydrazine groups is 1. The molecule has 4 rings (SSSR count). The molecule has 2 atom stereocenters. The molecule has 2 heterocycles. The Morgan fingerprint density at radius 2 is 1.81 bits per heavy atom. The Bertz CT molecular complexity index is 996. The molecule has 1 unspecified atom stereocenters. The number of piperazine rings is 1. The molecule has 0 radical (unpaired) electrons. The van der Waals surface area contributed by atoms with Crippen LogP contribution in [0, 0.1) is 5.92 Å². The van der Waals surface area contributed by atoms with Crippen molar-refractivity contribution in [1.29, 1.82) is 0 Å². The molecule has 1 saturated carbocycles. The van der Waals surface area contributed by atoms with Crippen LogP contribution in [-0.4, -0.2) is 94.7 Å². The number of aliphatic carboxylic acids is 1. The first-order valence-electron chi connectivity index (χ1n) is 13.0. The van der Waals surface area contributed by atoms with E-state index in [-0.39, 0.29) is 50.3 Å². The van der Waals surface area contributed by atoms with Crippen LogP contribution in [0.2, 0.25) is 0 Å². The molecular weight excluding hydrogens is 478 g/mol. The maximum Gasteiger partial charge on any atom is 0.334 e. The topological polar surface area (TPSA) is 123 Å². The monoisotopic (exact) mass is 515 g/mol. The molecule has 37 heavy (non-hydrogen) atoms. The predicted octanol–water partition coefficient (Wildman–Crippen LogP) is 1.88. The Balaban J connectivity index is 1.54. The number of likely N-dealkylation sites (N-methyl/N-ethyl adjacent to an activating group) is 1. The minimum atomic E-state index is -1.02. The minimum absolute atomic E-state index is 0.0165. The number of carbonyl (C=O) groups is 4. The summed E-state index contributed by atoms with van der Waals surface area (Å²) < 4.78 is 5.18. The van der Waals surface area contributed by atoms with Crippen molar-refractivity contribution in [2.45, 2.75) is 63.7 Å². The van der Waals surface area contributed by atoms with Crippen molar-refractivity contribution in [3.05, 3.63) is 29.8 Å². The van der Waals surface area contributed by atoms with Crippen LogP contribution in [-0.2, 0) is 20.9 Å². The van der Waals surface area contributed by atoms with Gasteiger partial charge in [-0.2, -0.15) is 0 Å². The molecule has 1 aromatic carbocycles. The molecule has 3 fully saturated rings. The second-order valence-electron chi connectivity index (χ2n) is 10.1. The molecule has 2 aliphatic heterocycles. The molecule has 3 aliphatic rings. The predicted molar refractivity (Wildman–Crippen MR) is 134 cm³/mol. The largest absolute Gasteiger partial charge is 0.497 e. The van der Waals surface area contributed by atoms with Crippen molar-refractivity contribution in [2.24, 2.45) is 5.92 Å². The first kappa shape index (κ1) is 26.7. The normalized spacial score (nSPS) is 23.1. The number of amides is 4. The summed E-state index contributed by atoms with van der Waals surface area (Å²) in [6.07, 6.45) is 4.63. The van der Waals surface area contributed by atoms with E-state index in [9.17, 15) is 24.3 Å². The molecule has 11 heteroatoms. The fourth-order valence-electron chi connectivity index (χ4n) is 5.69. The molecule has 2 saturated heterocycles. The fraction of sp³-hybridized carbons (Fsp3) is 0.615. The summed E-state index contributed by atoms with van der Waals surface area (Å²) in [5.41, 5.74) is 0.888.